The van der Waals surface area contributed by atoms with E-state index in [1.54, 1.807) is 6.07 Å². The summed E-state index contributed by atoms with van der Waals surface area (Å²) < 4.78 is 11.0. The molecule has 1 aromatic rings. The van der Waals surface area contributed by atoms with Crippen LogP contribution in [0.15, 0.2) is 16.5 Å². The summed E-state index contributed by atoms with van der Waals surface area (Å²) in [6.45, 7) is 6.69. The highest BCUT2D eigenvalue weighted by Gasteiger charge is 2.22. The fourth-order valence-corrected chi connectivity index (χ4v) is 2.18. The van der Waals surface area contributed by atoms with Gasteiger partial charge in [-0.15, -0.1) is 0 Å². The Morgan fingerprint density at radius 1 is 1.38 bits per heavy atom. The normalized spacial score (nSPS) is 26.9. The van der Waals surface area contributed by atoms with Crippen LogP contribution in [0.3, 0.4) is 0 Å². The molecule has 2 unspecified atom stereocenters. The van der Waals surface area contributed by atoms with E-state index in [9.17, 15) is 4.79 Å². The van der Waals surface area contributed by atoms with E-state index in [1.807, 2.05) is 6.07 Å². The monoisotopic (exact) mass is 223 g/mol. The van der Waals surface area contributed by atoms with Crippen molar-refractivity contribution < 1.29 is 13.9 Å². The van der Waals surface area contributed by atoms with Gasteiger partial charge in [-0.3, -0.25) is 9.69 Å². The smallest absolute Gasteiger partial charge is 0.185 e. The van der Waals surface area contributed by atoms with Gasteiger partial charge in [-0.25, -0.2) is 0 Å². The molecule has 88 valence electrons. The van der Waals surface area contributed by atoms with E-state index >= 15 is 0 Å². The van der Waals surface area contributed by atoms with Crippen molar-refractivity contribution >= 4 is 6.29 Å². The number of hydrogen-bond donors (Lipinski definition) is 0. The topological polar surface area (TPSA) is 42.7 Å². The summed E-state index contributed by atoms with van der Waals surface area (Å²) in [6.07, 6.45) is 1.24. The van der Waals surface area contributed by atoms with Crippen molar-refractivity contribution in [1.82, 2.24) is 4.90 Å². The van der Waals surface area contributed by atoms with Crippen LogP contribution < -0.4 is 0 Å². The first-order valence-electron chi connectivity index (χ1n) is 5.59. The van der Waals surface area contributed by atoms with Crippen molar-refractivity contribution in [3.8, 4) is 0 Å². The first-order valence-corrected chi connectivity index (χ1v) is 5.59. The van der Waals surface area contributed by atoms with E-state index < -0.39 is 0 Å². The average Bonchev–Trinajstić information content (AvgIpc) is 2.64. The second-order valence-corrected chi connectivity index (χ2v) is 4.37. The van der Waals surface area contributed by atoms with Crippen molar-refractivity contribution in [2.24, 2.45) is 0 Å². The molecule has 0 aliphatic carbocycles. The zero-order valence-electron chi connectivity index (χ0n) is 9.68. The molecule has 0 N–H and O–H groups in total. The van der Waals surface area contributed by atoms with Gasteiger partial charge in [0.25, 0.3) is 0 Å². The van der Waals surface area contributed by atoms with Gasteiger partial charge < -0.3 is 9.15 Å². The number of aldehydes is 1. The second kappa shape index (κ2) is 4.80. The van der Waals surface area contributed by atoms with Crippen LogP contribution in [-0.4, -0.2) is 36.5 Å². The highest BCUT2D eigenvalue weighted by molar-refractivity contribution is 5.70. The molecule has 0 aromatic carbocycles. The number of carbonyl (C=O) groups excluding carboxylic acids is 1. The summed E-state index contributed by atoms with van der Waals surface area (Å²) in [5.74, 6) is 1.23. The summed E-state index contributed by atoms with van der Waals surface area (Å²) in [7, 11) is 0. The van der Waals surface area contributed by atoms with Gasteiger partial charge in [0.2, 0.25) is 0 Å². The molecule has 2 rings (SSSR count). The molecule has 1 aliphatic rings. The summed E-state index contributed by atoms with van der Waals surface area (Å²) in [5, 5.41) is 0. The lowest BCUT2D eigenvalue weighted by atomic mass is 10.2. The van der Waals surface area contributed by atoms with Gasteiger partial charge in [-0.05, 0) is 26.0 Å². The molecular formula is C12H17NO3. The largest absolute Gasteiger partial charge is 0.457 e. The maximum atomic E-state index is 10.5. The second-order valence-electron chi connectivity index (χ2n) is 4.37. The quantitative estimate of drug-likeness (QED) is 0.731. The Morgan fingerprint density at radius 2 is 2.06 bits per heavy atom. The number of nitrogens with zero attached hydrogens (tertiary/aromatic N) is 1. The molecule has 0 saturated carbocycles. The number of rotatable bonds is 3. The zero-order chi connectivity index (χ0) is 11.5. The number of hydrogen-bond acceptors (Lipinski definition) is 4. The average molecular weight is 223 g/mol. The van der Waals surface area contributed by atoms with Gasteiger partial charge in [-0.2, -0.15) is 0 Å². The van der Waals surface area contributed by atoms with Crippen LogP contribution in [0.2, 0.25) is 0 Å². The minimum Gasteiger partial charge on any atom is -0.457 e. The Labute approximate surface area is 95.2 Å². The third-order valence-corrected chi connectivity index (χ3v) is 2.67. The standard InChI is InChI=1S/C12H17NO3/c1-9-5-13(6-10(2)15-9)7-11-3-4-12(8-14)16-11/h3-4,8-10H,5-7H2,1-2H3. The Hall–Kier alpha value is -1.13. The molecule has 1 fully saturated rings. The number of furan rings is 1. The minimum atomic E-state index is 0.254. The van der Waals surface area contributed by atoms with Crippen molar-refractivity contribution in [2.75, 3.05) is 13.1 Å². The van der Waals surface area contributed by atoms with Crippen LogP contribution in [0.25, 0.3) is 0 Å². The lowest BCUT2D eigenvalue weighted by Gasteiger charge is -2.34. The molecule has 0 amide bonds. The van der Waals surface area contributed by atoms with Gasteiger partial charge in [0.1, 0.15) is 5.76 Å². The molecule has 4 heteroatoms. The summed E-state index contributed by atoms with van der Waals surface area (Å²) >= 11 is 0. The zero-order valence-corrected chi connectivity index (χ0v) is 9.68. The van der Waals surface area contributed by atoms with Crippen LogP contribution in [0.1, 0.15) is 30.2 Å². The molecule has 4 nitrogen and oxygen atoms in total. The fourth-order valence-electron chi connectivity index (χ4n) is 2.18. The van der Waals surface area contributed by atoms with Crippen LogP contribution in [-0.2, 0) is 11.3 Å². The number of ether oxygens (including phenoxy) is 1. The first kappa shape index (κ1) is 11.4. The van der Waals surface area contributed by atoms with Gasteiger partial charge in [0.15, 0.2) is 12.0 Å². The molecule has 1 saturated heterocycles. The highest BCUT2D eigenvalue weighted by atomic mass is 16.5. The van der Waals surface area contributed by atoms with Gasteiger partial charge in [0, 0.05) is 13.1 Å². The van der Waals surface area contributed by atoms with Crippen LogP contribution in [0.4, 0.5) is 0 Å². The molecule has 0 spiro atoms. The fraction of sp³-hybridized carbons (Fsp3) is 0.583. The first-order chi connectivity index (χ1) is 7.67. The van der Waals surface area contributed by atoms with Crippen LogP contribution in [0, 0.1) is 0 Å². The van der Waals surface area contributed by atoms with Gasteiger partial charge >= 0.3 is 0 Å². The van der Waals surface area contributed by atoms with Crippen molar-refractivity contribution in [3.63, 3.8) is 0 Å². The van der Waals surface area contributed by atoms with Gasteiger partial charge in [0.05, 0.1) is 18.8 Å². The van der Waals surface area contributed by atoms with E-state index in [1.165, 1.54) is 0 Å². The Balaban J connectivity index is 1.95. The summed E-state index contributed by atoms with van der Waals surface area (Å²) in [4.78, 5) is 12.8. The lowest BCUT2D eigenvalue weighted by Crippen LogP contribution is -2.44. The molecule has 0 bridgehead atoms. The molecule has 0 radical (unpaired) electrons. The van der Waals surface area contributed by atoms with E-state index in [2.05, 4.69) is 18.7 Å². The molecule has 1 aliphatic heterocycles. The molecular weight excluding hydrogens is 206 g/mol. The number of morpholine rings is 1. The van der Waals surface area contributed by atoms with Crippen LogP contribution >= 0.6 is 0 Å². The van der Waals surface area contributed by atoms with Gasteiger partial charge in [-0.1, -0.05) is 0 Å². The highest BCUT2D eigenvalue weighted by Crippen LogP contribution is 2.15. The predicted molar refractivity (Wildman–Crippen MR) is 59.4 cm³/mol. The number of carbonyl (C=O) groups is 1. The maximum absolute atomic E-state index is 10.5. The Bertz CT molecular complexity index is 351. The summed E-state index contributed by atoms with van der Waals surface area (Å²) in [6, 6.07) is 3.56. The van der Waals surface area contributed by atoms with Crippen molar-refractivity contribution in [1.29, 1.82) is 0 Å². The van der Waals surface area contributed by atoms with Crippen LogP contribution in [0.5, 0.6) is 0 Å². The Morgan fingerprint density at radius 3 is 2.62 bits per heavy atom. The summed E-state index contributed by atoms with van der Waals surface area (Å²) in [5.41, 5.74) is 0. The Kier molecular flexibility index (Phi) is 3.41. The van der Waals surface area contributed by atoms with E-state index in [0.29, 0.717) is 5.76 Å². The lowest BCUT2D eigenvalue weighted by molar-refractivity contribution is -0.0718. The predicted octanol–water partition coefficient (Wildman–Crippen LogP) is 1.70. The molecule has 2 atom stereocenters. The third-order valence-electron chi connectivity index (χ3n) is 2.67. The van der Waals surface area contributed by atoms with E-state index in [0.717, 1.165) is 31.7 Å². The third kappa shape index (κ3) is 2.71. The molecule has 1 aromatic heterocycles. The van der Waals surface area contributed by atoms with Crippen molar-refractivity contribution in [3.05, 3.63) is 23.7 Å². The van der Waals surface area contributed by atoms with E-state index in [4.69, 9.17) is 9.15 Å². The SMILES string of the molecule is CC1CN(Cc2ccc(C=O)o2)CC(C)O1. The molecule has 2 heterocycles. The molecule has 16 heavy (non-hydrogen) atoms. The van der Waals surface area contributed by atoms with Crippen molar-refractivity contribution in [2.45, 2.75) is 32.6 Å². The van der Waals surface area contributed by atoms with E-state index in [-0.39, 0.29) is 12.2 Å². The minimum absolute atomic E-state index is 0.254. The maximum Gasteiger partial charge on any atom is 0.185 e.